The van der Waals surface area contributed by atoms with E-state index < -0.39 is 18.2 Å². The molecule has 1 aliphatic rings. The number of nitrogens with one attached hydrogen (secondary N) is 1. The summed E-state index contributed by atoms with van der Waals surface area (Å²) < 4.78 is 44.9. The summed E-state index contributed by atoms with van der Waals surface area (Å²) in [6, 6.07) is 3.86. The molecule has 1 fully saturated rings. The first-order chi connectivity index (χ1) is 9.88. The first-order valence-electron chi connectivity index (χ1n) is 6.68. The molecule has 0 aliphatic carbocycles. The summed E-state index contributed by atoms with van der Waals surface area (Å²) in [7, 11) is 0. The van der Waals surface area contributed by atoms with E-state index in [9.17, 15) is 18.0 Å². The lowest BCUT2D eigenvalue weighted by molar-refractivity contribution is -0.187. The minimum atomic E-state index is -4.35. The molecule has 1 heterocycles. The predicted molar refractivity (Wildman–Crippen MR) is 85.5 cm³/mol. The van der Waals surface area contributed by atoms with Crippen LogP contribution in [0, 0.1) is 0 Å². The number of carbonyl (C=O) groups is 1. The summed E-state index contributed by atoms with van der Waals surface area (Å²) in [6.07, 6.45) is -4.35. The molecule has 2 rings (SSSR count). The Bertz CT molecular complexity index is 492. The molecule has 1 aromatic rings. The number of hydrogen-bond donors (Lipinski definition) is 1. The number of rotatable bonds is 3. The van der Waals surface area contributed by atoms with Crippen molar-refractivity contribution in [1.29, 1.82) is 0 Å². The second-order valence-electron chi connectivity index (χ2n) is 4.89. The van der Waals surface area contributed by atoms with Gasteiger partial charge in [-0.25, -0.2) is 0 Å². The normalized spacial score (nSPS) is 16.7. The van der Waals surface area contributed by atoms with Gasteiger partial charge in [-0.2, -0.15) is 13.2 Å². The SMILES string of the molecule is CC(=O)Oc1ccc([C@H](N2CCNCC2)C(F)(F)F)cc1.Cl.Cl. The van der Waals surface area contributed by atoms with Crippen molar-refractivity contribution < 1.29 is 22.7 Å². The van der Waals surface area contributed by atoms with Crippen molar-refractivity contribution >= 4 is 30.8 Å². The van der Waals surface area contributed by atoms with Crippen LogP contribution in [0.3, 0.4) is 0 Å². The number of piperazine rings is 1. The van der Waals surface area contributed by atoms with Gasteiger partial charge < -0.3 is 10.1 Å². The molecule has 0 amide bonds. The average Bonchev–Trinajstić information content (AvgIpc) is 2.40. The van der Waals surface area contributed by atoms with Gasteiger partial charge in [0.2, 0.25) is 0 Å². The monoisotopic (exact) mass is 374 g/mol. The Morgan fingerprint density at radius 3 is 2.13 bits per heavy atom. The maximum atomic E-state index is 13.4. The van der Waals surface area contributed by atoms with Crippen LogP contribution in [-0.2, 0) is 4.79 Å². The minimum Gasteiger partial charge on any atom is -0.427 e. The largest absolute Gasteiger partial charge is 0.427 e. The molecule has 0 bridgehead atoms. The Balaban J connectivity index is 0.00000242. The van der Waals surface area contributed by atoms with Crippen molar-refractivity contribution in [2.75, 3.05) is 26.2 Å². The molecule has 0 aromatic heterocycles. The van der Waals surface area contributed by atoms with Crippen LogP contribution < -0.4 is 10.1 Å². The summed E-state index contributed by atoms with van der Waals surface area (Å²) in [6.45, 7) is 3.01. The van der Waals surface area contributed by atoms with E-state index in [2.05, 4.69) is 5.32 Å². The van der Waals surface area contributed by atoms with Gasteiger partial charge in [0.15, 0.2) is 0 Å². The lowest BCUT2D eigenvalue weighted by Crippen LogP contribution is -2.49. The van der Waals surface area contributed by atoms with E-state index >= 15 is 0 Å². The van der Waals surface area contributed by atoms with Gasteiger partial charge in [-0.1, -0.05) is 12.1 Å². The van der Waals surface area contributed by atoms with Gasteiger partial charge in [-0.15, -0.1) is 24.8 Å². The molecule has 0 spiro atoms. The van der Waals surface area contributed by atoms with E-state index in [1.165, 1.54) is 36.1 Å². The van der Waals surface area contributed by atoms with Gasteiger partial charge >= 0.3 is 12.1 Å². The second-order valence-corrected chi connectivity index (χ2v) is 4.89. The number of nitrogens with zero attached hydrogens (tertiary/aromatic N) is 1. The lowest BCUT2D eigenvalue weighted by atomic mass is 10.0. The van der Waals surface area contributed by atoms with E-state index in [1.807, 2.05) is 0 Å². The topological polar surface area (TPSA) is 41.6 Å². The third kappa shape index (κ3) is 6.18. The van der Waals surface area contributed by atoms with Gasteiger partial charge in [-0.3, -0.25) is 9.69 Å². The molecule has 132 valence electrons. The Morgan fingerprint density at radius 1 is 1.17 bits per heavy atom. The Hall–Kier alpha value is -1.02. The van der Waals surface area contributed by atoms with Crippen LogP contribution in [0.15, 0.2) is 24.3 Å². The van der Waals surface area contributed by atoms with Crippen molar-refractivity contribution in [2.45, 2.75) is 19.1 Å². The fourth-order valence-electron chi connectivity index (χ4n) is 2.43. The van der Waals surface area contributed by atoms with Gasteiger partial charge in [0, 0.05) is 33.1 Å². The molecule has 0 saturated carbocycles. The molecule has 0 radical (unpaired) electrons. The van der Waals surface area contributed by atoms with Crippen molar-refractivity contribution in [3.63, 3.8) is 0 Å². The lowest BCUT2D eigenvalue weighted by Gasteiger charge is -2.36. The molecule has 1 saturated heterocycles. The molecular weight excluding hydrogens is 356 g/mol. The summed E-state index contributed by atoms with van der Waals surface area (Å²) in [4.78, 5) is 12.2. The van der Waals surface area contributed by atoms with Gasteiger partial charge in [0.25, 0.3) is 0 Å². The number of esters is 1. The third-order valence-corrected chi connectivity index (χ3v) is 3.28. The highest BCUT2D eigenvalue weighted by atomic mass is 35.5. The zero-order valence-electron chi connectivity index (χ0n) is 12.4. The molecule has 1 N–H and O–H groups in total. The number of halogens is 5. The fourth-order valence-corrected chi connectivity index (χ4v) is 2.43. The van der Waals surface area contributed by atoms with Crippen LogP contribution in [0.5, 0.6) is 5.75 Å². The number of carbonyl (C=O) groups excluding carboxylic acids is 1. The van der Waals surface area contributed by atoms with E-state index in [0.717, 1.165) is 0 Å². The van der Waals surface area contributed by atoms with Crippen molar-refractivity contribution in [1.82, 2.24) is 10.2 Å². The van der Waals surface area contributed by atoms with Crippen molar-refractivity contribution in [2.24, 2.45) is 0 Å². The highest BCUT2D eigenvalue weighted by molar-refractivity contribution is 5.85. The Kier molecular flexibility index (Phi) is 8.90. The summed E-state index contributed by atoms with van der Waals surface area (Å²) in [5.74, 6) is -0.260. The molecule has 0 unspecified atom stereocenters. The van der Waals surface area contributed by atoms with E-state index in [0.29, 0.717) is 26.2 Å². The highest BCUT2D eigenvalue weighted by Crippen LogP contribution is 2.38. The fraction of sp³-hybridized carbons (Fsp3) is 0.500. The van der Waals surface area contributed by atoms with Crippen LogP contribution in [0.25, 0.3) is 0 Å². The maximum absolute atomic E-state index is 13.4. The van der Waals surface area contributed by atoms with Gasteiger partial charge in [0.05, 0.1) is 0 Å². The van der Waals surface area contributed by atoms with Crippen LogP contribution >= 0.6 is 24.8 Å². The molecule has 9 heteroatoms. The number of alkyl halides is 3. The smallest absolute Gasteiger partial charge is 0.408 e. The zero-order valence-corrected chi connectivity index (χ0v) is 14.1. The number of benzene rings is 1. The van der Waals surface area contributed by atoms with Crippen molar-refractivity contribution in [3.8, 4) is 5.75 Å². The minimum absolute atomic E-state index is 0. The number of hydrogen-bond acceptors (Lipinski definition) is 4. The van der Waals surface area contributed by atoms with E-state index in [-0.39, 0.29) is 36.1 Å². The third-order valence-electron chi connectivity index (χ3n) is 3.28. The van der Waals surface area contributed by atoms with Crippen LogP contribution in [0.4, 0.5) is 13.2 Å². The molecule has 23 heavy (non-hydrogen) atoms. The van der Waals surface area contributed by atoms with Gasteiger partial charge in [0.1, 0.15) is 11.8 Å². The van der Waals surface area contributed by atoms with E-state index in [4.69, 9.17) is 4.74 Å². The molecule has 1 aliphatic heterocycles. The summed E-state index contributed by atoms with van der Waals surface area (Å²) in [5.41, 5.74) is 0.153. The molecular formula is C14H19Cl2F3N2O2. The zero-order chi connectivity index (χ0) is 15.5. The quantitative estimate of drug-likeness (QED) is 0.652. The Labute approximate surface area is 145 Å². The highest BCUT2D eigenvalue weighted by Gasteiger charge is 2.44. The average molecular weight is 375 g/mol. The maximum Gasteiger partial charge on any atom is 0.408 e. The summed E-state index contributed by atoms with van der Waals surface area (Å²) in [5, 5.41) is 3.04. The van der Waals surface area contributed by atoms with Crippen molar-refractivity contribution in [3.05, 3.63) is 29.8 Å². The molecule has 1 aromatic carbocycles. The first kappa shape index (κ1) is 22.0. The molecule has 1 atom stereocenters. The number of ether oxygens (including phenoxy) is 1. The Morgan fingerprint density at radius 2 is 1.70 bits per heavy atom. The second kappa shape index (κ2) is 9.32. The van der Waals surface area contributed by atoms with E-state index in [1.54, 1.807) is 0 Å². The van der Waals surface area contributed by atoms with Gasteiger partial charge in [-0.05, 0) is 17.7 Å². The van der Waals surface area contributed by atoms with Crippen LogP contribution in [-0.4, -0.2) is 43.2 Å². The standard InChI is InChI=1S/C14H17F3N2O2.2ClH/c1-10(20)21-12-4-2-11(3-5-12)13(14(15,16)17)19-8-6-18-7-9-19;;/h2-5,13,18H,6-9H2,1H3;2*1H/t13-;;/m0../s1. The summed E-state index contributed by atoms with van der Waals surface area (Å²) >= 11 is 0. The predicted octanol–water partition coefficient (Wildman–Crippen LogP) is 2.96. The molecule has 4 nitrogen and oxygen atoms in total. The first-order valence-corrected chi connectivity index (χ1v) is 6.68. The van der Waals surface area contributed by atoms with Crippen LogP contribution in [0.1, 0.15) is 18.5 Å². The van der Waals surface area contributed by atoms with Crippen LogP contribution in [0.2, 0.25) is 0 Å².